The number of hydrogen-bond donors (Lipinski definition) is 2. The van der Waals surface area contributed by atoms with Crippen LogP contribution in [0, 0.1) is 5.92 Å². The average Bonchev–Trinajstić information content (AvgIpc) is 3.13. The lowest BCUT2D eigenvalue weighted by atomic mass is 9.77. The van der Waals surface area contributed by atoms with Crippen molar-refractivity contribution < 1.29 is 27.8 Å². The Kier molecular flexibility index (Phi) is 6.25. The molecule has 2 atom stereocenters. The fourth-order valence-corrected chi connectivity index (χ4v) is 5.11. The quantitative estimate of drug-likeness (QED) is 0.698. The van der Waals surface area contributed by atoms with Crippen LogP contribution in [0.1, 0.15) is 60.5 Å². The van der Waals surface area contributed by atoms with Gasteiger partial charge in [-0.25, -0.2) is 0 Å². The van der Waals surface area contributed by atoms with Gasteiger partial charge in [0, 0.05) is 37.6 Å². The smallest absolute Gasteiger partial charge is 0.388 e. The van der Waals surface area contributed by atoms with Gasteiger partial charge in [-0.3, -0.25) is 4.79 Å². The van der Waals surface area contributed by atoms with Crippen molar-refractivity contribution in [3.63, 3.8) is 0 Å². The zero-order valence-electron chi connectivity index (χ0n) is 17.1. The highest BCUT2D eigenvalue weighted by molar-refractivity contribution is 6.34. The lowest BCUT2D eigenvalue weighted by molar-refractivity contribution is -0.199. The standard InChI is InChI=1S/C22H26ClF3N2O3/c23-17-4-2-8-28-18(14-5-9-31-10-6-14)11-16(19(17)28)20(29)27-13-21(30)7-1-3-15(12-21)22(24,25)26/h2,4,8,11,14-15,30H,1,3,5-7,9-10,12-13H2,(H,27,29). The van der Waals surface area contributed by atoms with Crippen molar-refractivity contribution in [3.8, 4) is 0 Å². The van der Waals surface area contributed by atoms with E-state index < -0.39 is 30.0 Å². The first-order chi connectivity index (χ1) is 14.7. The van der Waals surface area contributed by atoms with Gasteiger partial charge in [0.2, 0.25) is 0 Å². The molecule has 1 aliphatic carbocycles. The summed E-state index contributed by atoms with van der Waals surface area (Å²) in [6, 6.07) is 5.31. The summed E-state index contributed by atoms with van der Waals surface area (Å²) >= 11 is 6.40. The maximum atomic E-state index is 13.1. The molecule has 2 aliphatic rings. The average molecular weight is 459 g/mol. The topological polar surface area (TPSA) is 63.0 Å². The molecule has 1 saturated heterocycles. The number of alkyl halides is 3. The minimum Gasteiger partial charge on any atom is -0.388 e. The van der Waals surface area contributed by atoms with Crippen molar-refractivity contribution in [2.75, 3.05) is 19.8 Å². The molecule has 1 amide bonds. The van der Waals surface area contributed by atoms with Crippen molar-refractivity contribution in [2.24, 2.45) is 5.92 Å². The molecule has 0 bridgehead atoms. The van der Waals surface area contributed by atoms with Gasteiger partial charge in [0.05, 0.1) is 27.6 Å². The molecular formula is C22H26ClF3N2O3. The van der Waals surface area contributed by atoms with Crippen LogP contribution < -0.4 is 5.32 Å². The maximum absolute atomic E-state index is 13.1. The Bertz CT molecular complexity index is 955. The van der Waals surface area contributed by atoms with Gasteiger partial charge in [0.1, 0.15) is 0 Å². The molecule has 2 fully saturated rings. The van der Waals surface area contributed by atoms with Gasteiger partial charge in [0.25, 0.3) is 5.91 Å². The molecular weight excluding hydrogens is 433 g/mol. The molecule has 0 spiro atoms. The Balaban J connectivity index is 1.55. The van der Waals surface area contributed by atoms with Crippen molar-refractivity contribution in [1.82, 2.24) is 9.72 Å². The first-order valence-electron chi connectivity index (χ1n) is 10.6. The third kappa shape index (κ3) is 4.71. The summed E-state index contributed by atoms with van der Waals surface area (Å²) in [6.45, 7) is 1.06. The summed E-state index contributed by atoms with van der Waals surface area (Å²) < 4.78 is 46.7. The van der Waals surface area contributed by atoms with E-state index in [9.17, 15) is 23.1 Å². The second-order valence-electron chi connectivity index (χ2n) is 8.69. The summed E-state index contributed by atoms with van der Waals surface area (Å²) in [4.78, 5) is 13.0. The van der Waals surface area contributed by atoms with Crippen LogP contribution >= 0.6 is 11.6 Å². The van der Waals surface area contributed by atoms with E-state index in [-0.39, 0.29) is 31.7 Å². The van der Waals surface area contributed by atoms with E-state index in [0.717, 1.165) is 18.5 Å². The Hall–Kier alpha value is -1.77. The van der Waals surface area contributed by atoms with Crippen LogP contribution in [0.15, 0.2) is 24.4 Å². The fourth-order valence-electron chi connectivity index (χ4n) is 4.84. The first kappa shape index (κ1) is 22.4. The molecule has 4 rings (SSSR count). The number of hydrogen-bond acceptors (Lipinski definition) is 3. The number of nitrogens with one attached hydrogen (secondary N) is 1. The van der Waals surface area contributed by atoms with E-state index >= 15 is 0 Å². The number of carbonyl (C=O) groups is 1. The number of amides is 1. The highest BCUT2D eigenvalue weighted by Crippen LogP contribution is 2.41. The van der Waals surface area contributed by atoms with Gasteiger partial charge in [-0.1, -0.05) is 11.6 Å². The lowest BCUT2D eigenvalue weighted by Gasteiger charge is -2.37. The fraction of sp³-hybridized carbons (Fsp3) is 0.591. The molecule has 2 aromatic rings. The van der Waals surface area contributed by atoms with Crippen molar-refractivity contribution in [2.45, 2.75) is 56.2 Å². The predicted molar refractivity (Wildman–Crippen MR) is 110 cm³/mol. The predicted octanol–water partition coefficient (Wildman–Crippen LogP) is 4.70. The number of rotatable bonds is 4. The van der Waals surface area contributed by atoms with E-state index in [1.807, 2.05) is 16.7 Å². The Morgan fingerprint density at radius 2 is 2.06 bits per heavy atom. The van der Waals surface area contributed by atoms with Gasteiger partial charge in [-0.05, 0) is 56.7 Å². The number of ether oxygens (including phenoxy) is 1. The number of aliphatic hydroxyl groups is 1. The van der Waals surface area contributed by atoms with Crippen LogP contribution in [0.2, 0.25) is 5.02 Å². The van der Waals surface area contributed by atoms with E-state index in [2.05, 4.69) is 5.32 Å². The van der Waals surface area contributed by atoms with Gasteiger partial charge >= 0.3 is 6.18 Å². The number of fused-ring (bicyclic) bond motifs is 1. The monoisotopic (exact) mass is 458 g/mol. The Labute approximate surface area is 183 Å². The molecule has 3 heterocycles. The Morgan fingerprint density at radius 3 is 2.77 bits per heavy atom. The minimum absolute atomic E-state index is 0.00789. The summed E-state index contributed by atoms with van der Waals surface area (Å²) in [5.41, 5.74) is 0.307. The highest BCUT2D eigenvalue weighted by atomic mass is 35.5. The zero-order valence-corrected chi connectivity index (χ0v) is 17.8. The van der Waals surface area contributed by atoms with Crippen molar-refractivity contribution >= 4 is 23.0 Å². The van der Waals surface area contributed by atoms with E-state index in [1.54, 1.807) is 12.1 Å². The number of carbonyl (C=O) groups excluding carboxylic acids is 1. The highest BCUT2D eigenvalue weighted by Gasteiger charge is 2.47. The van der Waals surface area contributed by atoms with E-state index in [0.29, 0.717) is 29.3 Å². The zero-order chi connectivity index (χ0) is 22.2. The molecule has 2 aromatic heterocycles. The minimum atomic E-state index is -4.34. The van der Waals surface area contributed by atoms with Crippen LogP contribution in [-0.2, 0) is 4.74 Å². The summed E-state index contributed by atoms with van der Waals surface area (Å²) in [5, 5.41) is 13.8. The van der Waals surface area contributed by atoms with Crippen LogP contribution in [0.5, 0.6) is 0 Å². The second kappa shape index (κ2) is 8.64. The molecule has 1 saturated carbocycles. The number of pyridine rings is 1. The van der Waals surface area contributed by atoms with Gasteiger partial charge in [-0.2, -0.15) is 13.2 Å². The molecule has 0 radical (unpaired) electrons. The van der Waals surface area contributed by atoms with Crippen LogP contribution in [0.3, 0.4) is 0 Å². The van der Waals surface area contributed by atoms with E-state index in [1.165, 1.54) is 0 Å². The summed E-state index contributed by atoms with van der Waals surface area (Å²) in [6.07, 6.45) is -0.726. The number of halogens is 4. The summed E-state index contributed by atoms with van der Waals surface area (Å²) in [7, 11) is 0. The van der Waals surface area contributed by atoms with Crippen molar-refractivity contribution in [3.05, 3.63) is 40.7 Å². The largest absolute Gasteiger partial charge is 0.391 e. The molecule has 31 heavy (non-hydrogen) atoms. The van der Waals surface area contributed by atoms with Gasteiger partial charge in [0.15, 0.2) is 0 Å². The second-order valence-corrected chi connectivity index (χ2v) is 9.09. The maximum Gasteiger partial charge on any atom is 0.391 e. The molecule has 9 heteroatoms. The van der Waals surface area contributed by atoms with Crippen molar-refractivity contribution in [1.29, 1.82) is 0 Å². The third-order valence-electron chi connectivity index (χ3n) is 6.52. The number of aromatic nitrogens is 1. The molecule has 5 nitrogen and oxygen atoms in total. The normalized spacial score (nSPS) is 25.6. The van der Waals surface area contributed by atoms with Crippen LogP contribution in [-0.4, -0.2) is 47.0 Å². The third-order valence-corrected chi connectivity index (χ3v) is 6.82. The van der Waals surface area contributed by atoms with Crippen LogP contribution in [0.25, 0.3) is 5.52 Å². The molecule has 0 aromatic carbocycles. The van der Waals surface area contributed by atoms with Gasteiger partial charge in [-0.15, -0.1) is 0 Å². The molecule has 2 unspecified atom stereocenters. The lowest BCUT2D eigenvalue weighted by Crippen LogP contribution is -2.48. The SMILES string of the molecule is O=C(NCC1(O)CCCC(C(F)(F)F)C1)c1cc(C2CCOCC2)n2cccc(Cl)c12. The Morgan fingerprint density at radius 1 is 1.32 bits per heavy atom. The van der Waals surface area contributed by atoms with E-state index in [4.69, 9.17) is 16.3 Å². The first-order valence-corrected chi connectivity index (χ1v) is 11.0. The molecule has 1 aliphatic heterocycles. The molecule has 170 valence electrons. The van der Waals surface area contributed by atoms with Gasteiger partial charge < -0.3 is 19.6 Å². The number of nitrogens with zero attached hydrogens (tertiary/aromatic N) is 1. The van der Waals surface area contributed by atoms with Crippen LogP contribution in [0.4, 0.5) is 13.2 Å². The molecule has 2 N–H and O–H groups in total. The summed E-state index contributed by atoms with van der Waals surface area (Å²) in [5.74, 6) is -1.78.